The second kappa shape index (κ2) is 3.47. The van der Waals surface area contributed by atoms with Crippen molar-refractivity contribution >= 4 is 11.3 Å². The lowest BCUT2D eigenvalue weighted by atomic mass is 10.00. The number of imidazole rings is 1. The molecule has 3 rings (SSSR count). The molecule has 78 valence electrons. The number of aryl methyl sites for hydroxylation is 1. The third kappa shape index (κ3) is 1.41. The summed E-state index contributed by atoms with van der Waals surface area (Å²) >= 11 is 1.86. The van der Waals surface area contributed by atoms with Crippen molar-refractivity contribution in [1.82, 2.24) is 14.9 Å². The van der Waals surface area contributed by atoms with Crippen LogP contribution in [0, 0.1) is 0 Å². The summed E-state index contributed by atoms with van der Waals surface area (Å²) in [5.74, 6) is 0. The molecule has 3 heterocycles. The molecule has 2 aromatic rings. The molecule has 0 spiro atoms. The van der Waals surface area contributed by atoms with E-state index in [1.54, 1.807) is 0 Å². The second-order valence-corrected chi connectivity index (χ2v) is 4.87. The van der Waals surface area contributed by atoms with Gasteiger partial charge in [-0.25, -0.2) is 4.98 Å². The highest BCUT2D eigenvalue weighted by Gasteiger charge is 2.23. The molecule has 0 aromatic carbocycles. The summed E-state index contributed by atoms with van der Waals surface area (Å²) in [6.07, 6.45) is 4.96. The van der Waals surface area contributed by atoms with Crippen LogP contribution in [0.15, 0.2) is 24.0 Å². The molecule has 15 heavy (non-hydrogen) atoms. The van der Waals surface area contributed by atoms with Gasteiger partial charge in [-0.3, -0.25) is 0 Å². The van der Waals surface area contributed by atoms with Gasteiger partial charge in [0.25, 0.3) is 0 Å². The average molecular weight is 219 g/mol. The van der Waals surface area contributed by atoms with Crippen molar-refractivity contribution in [2.75, 3.05) is 6.54 Å². The Morgan fingerprint density at radius 3 is 3.33 bits per heavy atom. The molecular weight excluding hydrogens is 206 g/mol. The van der Waals surface area contributed by atoms with Gasteiger partial charge in [-0.2, -0.15) is 0 Å². The molecular formula is C11H13N3S. The average Bonchev–Trinajstić information content (AvgIpc) is 2.85. The lowest BCUT2D eigenvalue weighted by Gasteiger charge is -2.24. The Bertz CT molecular complexity index is 472. The number of fused-ring (bicyclic) bond motifs is 1. The minimum absolute atomic E-state index is 0.326. The fourth-order valence-corrected chi connectivity index (χ4v) is 3.08. The van der Waals surface area contributed by atoms with Gasteiger partial charge in [0.2, 0.25) is 0 Å². The molecule has 1 atom stereocenters. The molecule has 0 saturated carbocycles. The van der Waals surface area contributed by atoms with E-state index in [0.29, 0.717) is 6.04 Å². The Hall–Kier alpha value is -1.13. The number of hydrogen-bond donors (Lipinski definition) is 1. The molecule has 4 heteroatoms. The van der Waals surface area contributed by atoms with E-state index in [4.69, 9.17) is 0 Å². The Morgan fingerprint density at radius 1 is 1.60 bits per heavy atom. The summed E-state index contributed by atoms with van der Waals surface area (Å²) in [4.78, 5) is 5.69. The number of aromatic nitrogens is 2. The van der Waals surface area contributed by atoms with Gasteiger partial charge in [-0.1, -0.05) is 0 Å². The summed E-state index contributed by atoms with van der Waals surface area (Å²) in [5.41, 5.74) is 2.67. The smallest absolute Gasteiger partial charge is 0.0946 e. The summed E-state index contributed by atoms with van der Waals surface area (Å²) in [7, 11) is 2.05. The normalized spacial score (nSPS) is 20.2. The Labute approximate surface area is 92.8 Å². The third-order valence-corrected chi connectivity index (χ3v) is 3.94. The van der Waals surface area contributed by atoms with Crippen molar-refractivity contribution in [3.8, 4) is 0 Å². The van der Waals surface area contributed by atoms with Crippen LogP contribution in [0.25, 0.3) is 0 Å². The van der Waals surface area contributed by atoms with Crippen molar-refractivity contribution in [3.63, 3.8) is 0 Å². The first-order chi connectivity index (χ1) is 7.36. The van der Waals surface area contributed by atoms with Crippen LogP contribution in [0.4, 0.5) is 0 Å². The van der Waals surface area contributed by atoms with E-state index < -0.39 is 0 Å². The third-order valence-electron chi connectivity index (χ3n) is 2.94. The molecule has 1 aliphatic rings. The van der Waals surface area contributed by atoms with Crippen molar-refractivity contribution < 1.29 is 0 Å². The zero-order valence-corrected chi connectivity index (χ0v) is 9.42. The molecule has 1 aliphatic heterocycles. The number of hydrogen-bond acceptors (Lipinski definition) is 3. The van der Waals surface area contributed by atoms with Gasteiger partial charge in [0.15, 0.2) is 0 Å². The molecule has 1 N–H and O–H groups in total. The SMILES string of the molecule is Cn1cncc1C1NCCc2sccc21. The lowest BCUT2D eigenvalue weighted by Crippen LogP contribution is -2.30. The number of nitrogens with zero attached hydrogens (tertiary/aromatic N) is 2. The van der Waals surface area contributed by atoms with Gasteiger partial charge < -0.3 is 9.88 Å². The van der Waals surface area contributed by atoms with E-state index in [2.05, 4.69) is 26.3 Å². The standard InChI is InChI=1S/C11H13N3S/c1-14-7-12-6-9(14)11-8-3-5-15-10(8)2-4-13-11/h3,5-7,11,13H,2,4H2,1H3. The summed E-state index contributed by atoms with van der Waals surface area (Å²) in [6, 6.07) is 2.55. The van der Waals surface area contributed by atoms with Gasteiger partial charge in [0.05, 0.1) is 24.3 Å². The minimum Gasteiger partial charge on any atom is -0.336 e. The Kier molecular flexibility index (Phi) is 2.11. The van der Waals surface area contributed by atoms with Gasteiger partial charge in [0, 0.05) is 18.5 Å². The second-order valence-electron chi connectivity index (χ2n) is 3.87. The Balaban J connectivity index is 2.07. The van der Waals surface area contributed by atoms with E-state index in [-0.39, 0.29) is 0 Å². The van der Waals surface area contributed by atoms with Crippen LogP contribution in [-0.4, -0.2) is 16.1 Å². The fraction of sp³-hybridized carbons (Fsp3) is 0.364. The van der Waals surface area contributed by atoms with E-state index >= 15 is 0 Å². The summed E-state index contributed by atoms with van der Waals surface area (Å²) in [6.45, 7) is 1.06. The molecule has 0 aliphatic carbocycles. The van der Waals surface area contributed by atoms with Crippen LogP contribution < -0.4 is 5.32 Å². The van der Waals surface area contributed by atoms with Crippen LogP contribution >= 0.6 is 11.3 Å². The zero-order chi connectivity index (χ0) is 10.3. The summed E-state index contributed by atoms with van der Waals surface area (Å²) in [5, 5.41) is 5.73. The number of nitrogens with one attached hydrogen (secondary N) is 1. The van der Waals surface area contributed by atoms with E-state index in [0.717, 1.165) is 13.0 Å². The van der Waals surface area contributed by atoms with Gasteiger partial charge in [-0.05, 0) is 23.4 Å². The first-order valence-corrected chi connectivity index (χ1v) is 6.00. The minimum atomic E-state index is 0.326. The molecule has 0 bridgehead atoms. The van der Waals surface area contributed by atoms with Crippen molar-refractivity contribution in [2.45, 2.75) is 12.5 Å². The monoisotopic (exact) mass is 219 g/mol. The van der Waals surface area contributed by atoms with Crippen LogP contribution in [0.2, 0.25) is 0 Å². The van der Waals surface area contributed by atoms with Crippen LogP contribution in [-0.2, 0) is 13.5 Å². The van der Waals surface area contributed by atoms with Gasteiger partial charge in [0.1, 0.15) is 0 Å². The Morgan fingerprint density at radius 2 is 2.53 bits per heavy atom. The quantitative estimate of drug-likeness (QED) is 0.791. The number of thiophene rings is 1. The van der Waals surface area contributed by atoms with E-state index in [1.165, 1.54) is 16.1 Å². The van der Waals surface area contributed by atoms with Crippen LogP contribution in [0.3, 0.4) is 0 Å². The molecule has 0 saturated heterocycles. The van der Waals surface area contributed by atoms with Crippen LogP contribution in [0.5, 0.6) is 0 Å². The predicted octanol–water partition coefficient (Wildman–Crippen LogP) is 1.72. The van der Waals surface area contributed by atoms with E-state index in [9.17, 15) is 0 Å². The molecule has 1 unspecified atom stereocenters. The molecule has 0 radical (unpaired) electrons. The maximum atomic E-state index is 4.18. The predicted molar refractivity (Wildman–Crippen MR) is 61.1 cm³/mol. The number of rotatable bonds is 1. The zero-order valence-electron chi connectivity index (χ0n) is 8.60. The topological polar surface area (TPSA) is 29.9 Å². The highest BCUT2D eigenvalue weighted by molar-refractivity contribution is 7.10. The molecule has 2 aromatic heterocycles. The highest BCUT2D eigenvalue weighted by atomic mass is 32.1. The molecule has 0 fully saturated rings. The largest absolute Gasteiger partial charge is 0.336 e. The van der Waals surface area contributed by atoms with Crippen molar-refractivity contribution in [1.29, 1.82) is 0 Å². The first-order valence-electron chi connectivity index (χ1n) is 5.12. The van der Waals surface area contributed by atoms with Crippen molar-refractivity contribution in [2.24, 2.45) is 7.05 Å². The molecule has 0 amide bonds. The van der Waals surface area contributed by atoms with Crippen molar-refractivity contribution in [3.05, 3.63) is 40.1 Å². The lowest BCUT2D eigenvalue weighted by molar-refractivity contribution is 0.548. The van der Waals surface area contributed by atoms with Gasteiger partial charge in [-0.15, -0.1) is 11.3 Å². The van der Waals surface area contributed by atoms with Gasteiger partial charge >= 0.3 is 0 Å². The molecule has 3 nitrogen and oxygen atoms in total. The summed E-state index contributed by atoms with van der Waals surface area (Å²) < 4.78 is 2.09. The first kappa shape index (κ1) is 9.12. The van der Waals surface area contributed by atoms with E-state index in [1.807, 2.05) is 30.9 Å². The maximum absolute atomic E-state index is 4.18. The fourth-order valence-electron chi connectivity index (χ4n) is 2.16. The maximum Gasteiger partial charge on any atom is 0.0946 e. The van der Waals surface area contributed by atoms with Crippen LogP contribution in [0.1, 0.15) is 22.2 Å². The highest BCUT2D eigenvalue weighted by Crippen LogP contribution is 2.31.